The summed E-state index contributed by atoms with van der Waals surface area (Å²) in [6, 6.07) is 10.5. The fourth-order valence-corrected chi connectivity index (χ4v) is 4.67. The van der Waals surface area contributed by atoms with Gasteiger partial charge in [-0.1, -0.05) is 12.1 Å². The molecule has 1 fully saturated rings. The van der Waals surface area contributed by atoms with Gasteiger partial charge in [-0.15, -0.1) is 0 Å². The Morgan fingerprint density at radius 2 is 1.91 bits per heavy atom. The molecule has 1 amide bonds. The highest BCUT2D eigenvalue weighted by Crippen LogP contribution is 2.39. The number of fused-ring (bicyclic) bond motifs is 2. The van der Waals surface area contributed by atoms with Crippen molar-refractivity contribution in [1.29, 1.82) is 0 Å². The van der Waals surface area contributed by atoms with Crippen LogP contribution in [0.25, 0.3) is 11.0 Å². The summed E-state index contributed by atoms with van der Waals surface area (Å²) in [4.78, 5) is 30.9. The van der Waals surface area contributed by atoms with Gasteiger partial charge in [0.25, 0.3) is 5.91 Å². The molecular weight excluding hydrogens is 427 g/mol. The minimum atomic E-state index is -0.629. The molecule has 2 aromatic carbocycles. The van der Waals surface area contributed by atoms with Crippen LogP contribution in [0, 0.1) is 5.82 Å². The van der Waals surface area contributed by atoms with Crippen LogP contribution in [-0.4, -0.2) is 62.2 Å². The van der Waals surface area contributed by atoms with E-state index >= 15 is 0 Å². The Hall–Kier alpha value is -3.23. The van der Waals surface area contributed by atoms with E-state index in [0.29, 0.717) is 25.5 Å². The highest BCUT2D eigenvalue weighted by atomic mass is 19.1. The molecule has 5 rings (SSSR count). The van der Waals surface area contributed by atoms with Crippen LogP contribution in [0.15, 0.2) is 51.7 Å². The topological polar surface area (TPSA) is 72.2 Å². The van der Waals surface area contributed by atoms with Crippen molar-refractivity contribution < 1.29 is 23.1 Å². The largest absolute Gasteiger partial charge is 0.497 e. The van der Waals surface area contributed by atoms with Gasteiger partial charge in [0.1, 0.15) is 17.1 Å². The summed E-state index contributed by atoms with van der Waals surface area (Å²) in [5, 5.41) is 0.129. The van der Waals surface area contributed by atoms with E-state index in [0.717, 1.165) is 37.7 Å². The lowest BCUT2D eigenvalue weighted by atomic mass is 9.98. The monoisotopic (exact) mass is 452 g/mol. The van der Waals surface area contributed by atoms with E-state index in [-0.39, 0.29) is 33.6 Å². The first kappa shape index (κ1) is 21.6. The lowest BCUT2D eigenvalue weighted by Crippen LogP contribution is -2.38. The van der Waals surface area contributed by atoms with Gasteiger partial charge in [-0.05, 0) is 42.3 Å². The smallest absolute Gasteiger partial charge is 0.290 e. The third kappa shape index (κ3) is 4.00. The third-order valence-corrected chi connectivity index (χ3v) is 6.31. The normalized spacial score (nSPS) is 18.7. The fraction of sp³-hybridized carbons (Fsp3) is 0.360. The Morgan fingerprint density at radius 1 is 1.09 bits per heavy atom. The second-order valence-corrected chi connectivity index (χ2v) is 8.30. The number of hydrogen-bond acceptors (Lipinski definition) is 6. The highest BCUT2D eigenvalue weighted by molar-refractivity contribution is 5.99. The number of morpholine rings is 1. The van der Waals surface area contributed by atoms with Gasteiger partial charge in [-0.25, -0.2) is 4.39 Å². The van der Waals surface area contributed by atoms with Crippen LogP contribution in [-0.2, 0) is 4.74 Å². The van der Waals surface area contributed by atoms with Crippen LogP contribution in [0.5, 0.6) is 5.75 Å². The van der Waals surface area contributed by atoms with E-state index in [1.807, 2.05) is 24.3 Å². The molecule has 0 radical (unpaired) electrons. The summed E-state index contributed by atoms with van der Waals surface area (Å²) >= 11 is 0. The van der Waals surface area contributed by atoms with Crippen LogP contribution < -0.4 is 10.2 Å². The number of hydrogen-bond donors (Lipinski definition) is 0. The minimum Gasteiger partial charge on any atom is -0.497 e. The van der Waals surface area contributed by atoms with Gasteiger partial charge in [0.15, 0.2) is 5.43 Å². The Labute approximate surface area is 190 Å². The van der Waals surface area contributed by atoms with E-state index < -0.39 is 11.9 Å². The molecule has 0 unspecified atom stereocenters. The van der Waals surface area contributed by atoms with Gasteiger partial charge in [-0.2, -0.15) is 0 Å². The van der Waals surface area contributed by atoms with E-state index in [9.17, 15) is 14.0 Å². The van der Waals surface area contributed by atoms with E-state index in [1.165, 1.54) is 12.1 Å². The SMILES string of the molecule is COc1cccc([C@H]2c3c(oc4ccc(F)cc4c3=O)C(=O)N2CCCN2CCOCC2)c1. The molecule has 172 valence electrons. The Bertz CT molecular complexity index is 1250. The van der Waals surface area contributed by atoms with Crippen molar-refractivity contribution in [3.63, 3.8) is 0 Å². The standard InChI is InChI=1S/C25H25FN2O5/c1-31-18-5-2-4-16(14-18)22-21-23(29)19-15-17(26)6-7-20(19)33-24(21)25(30)28(22)9-3-8-27-10-12-32-13-11-27/h2,4-7,14-15,22H,3,8-13H2,1H3/t22-/m0/s1. The molecule has 3 heterocycles. The first-order valence-electron chi connectivity index (χ1n) is 11.1. The molecule has 0 bridgehead atoms. The number of halogens is 1. The summed E-state index contributed by atoms with van der Waals surface area (Å²) in [5.74, 6) is -0.210. The molecule has 0 saturated carbocycles. The predicted molar refractivity (Wildman–Crippen MR) is 120 cm³/mol. The lowest BCUT2D eigenvalue weighted by Gasteiger charge is -2.29. The number of amides is 1. The summed E-state index contributed by atoms with van der Waals surface area (Å²) in [6.07, 6.45) is 0.739. The van der Waals surface area contributed by atoms with E-state index in [2.05, 4.69) is 4.90 Å². The van der Waals surface area contributed by atoms with Gasteiger partial charge in [0.2, 0.25) is 5.76 Å². The summed E-state index contributed by atoms with van der Waals surface area (Å²) in [6.45, 7) is 4.43. The molecular formula is C25H25FN2O5. The molecule has 8 heteroatoms. The van der Waals surface area contributed by atoms with Gasteiger partial charge >= 0.3 is 0 Å². The van der Waals surface area contributed by atoms with Crippen LogP contribution >= 0.6 is 0 Å². The number of carbonyl (C=O) groups is 1. The molecule has 2 aliphatic heterocycles. The Balaban J connectivity index is 1.55. The van der Waals surface area contributed by atoms with Gasteiger partial charge in [-0.3, -0.25) is 14.5 Å². The van der Waals surface area contributed by atoms with Crippen molar-refractivity contribution in [3.8, 4) is 5.75 Å². The minimum absolute atomic E-state index is 0.0262. The molecule has 2 aliphatic rings. The fourth-order valence-electron chi connectivity index (χ4n) is 4.67. The van der Waals surface area contributed by atoms with Crippen LogP contribution in [0.1, 0.15) is 34.1 Å². The number of benzene rings is 2. The van der Waals surface area contributed by atoms with Crippen LogP contribution in [0.4, 0.5) is 4.39 Å². The molecule has 1 atom stereocenters. The lowest BCUT2D eigenvalue weighted by molar-refractivity contribution is 0.0353. The zero-order valence-corrected chi connectivity index (χ0v) is 18.4. The molecule has 0 N–H and O–H groups in total. The average Bonchev–Trinajstić information content (AvgIpc) is 3.12. The van der Waals surface area contributed by atoms with E-state index in [1.54, 1.807) is 12.0 Å². The first-order chi connectivity index (χ1) is 16.1. The number of ether oxygens (including phenoxy) is 2. The zero-order valence-electron chi connectivity index (χ0n) is 18.4. The molecule has 7 nitrogen and oxygen atoms in total. The number of nitrogens with zero attached hydrogens (tertiary/aromatic N) is 2. The Morgan fingerprint density at radius 3 is 2.70 bits per heavy atom. The number of methoxy groups -OCH3 is 1. The third-order valence-electron chi connectivity index (χ3n) is 6.31. The molecule has 1 saturated heterocycles. The van der Waals surface area contributed by atoms with E-state index in [4.69, 9.17) is 13.9 Å². The number of carbonyl (C=O) groups excluding carboxylic acids is 1. The van der Waals surface area contributed by atoms with Crippen molar-refractivity contribution in [1.82, 2.24) is 9.80 Å². The predicted octanol–water partition coefficient (Wildman–Crippen LogP) is 3.21. The second kappa shape index (κ2) is 8.96. The molecule has 0 aliphatic carbocycles. The van der Waals surface area contributed by atoms with Crippen LogP contribution in [0.3, 0.4) is 0 Å². The van der Waals surface area contributed by atoms with Crippen molar-refractivity contribution in [2.75, 3.05) is 46.5 Å². The summed E-state index contributed by atoms with van der Waals surface area (Å²) in [5.41, 5.74) is 0.809. The quantitative estimate of drug-likeness (QED) is 0.572. The molecule has 3 aromatic rings. The maximum absolute atomic E-state index is 13.9. The van der Waals surface area contributed by atoms with Gasteiger partial charge in [0, 0.05) is 26.2 Å². The number of rotatable bonds is 6. The van der Waals surface area contributed by atoms with Crippen LogP contribution in [0.2, 0.25) is 0 Å². The van der Waals surface area contributed by atoms with Crippen molar-refractivity contribution >= 4 is 16.9 Å². The Kier molecular flexibility index (Phi) is 5.86. The summed E-state index contributed by atoms with van der Waals surface area (Å²) < 4.78 is 30.5. The zero-order chi connectivity index (χ0) is 22.9. The second-order valence-electron chi connectivity index (χ2n) is 8.30. The van der Waals surface area contributed by atoms with Crippen molar-refractivity contribution in [3.05, 3.63) is 75.4 Å². The maximum Gasteiger partial charge on any atom is 0.290 e. The highest BCUT2D eigenvalue weighted by Gasteiger charge is 2.42. The maximum atomic E-state index is 13.9. The first-order valence-corrected chi connectivity index (χ1v) is 11.1. The molecule has 33 heavy (non-hydrogen) atoms. The van der Waals surface area contributed by atoms with Gasteiger partial charge in [0.05, 0.1) is 37.3 Å². The van der Waals surface area contributed by atoms with Gasteiger partial charge < -0.3 is 18.8 Å². The average molecular weight is 452 g/mol. The molecule has 0 spiro atoms. The molecule has 1 aromatic heterocycles. The van der Waals surface area contributed by atoms with Crippen molar-refractivity contribution in [2.45, 2.75) is 12.5 Å². The summed E-state index contributed by atoms with van der Waals surface area (Å²) in [7, 11) is 1.57. The van der Waals surface area contributed by atoms with Crippen molar-refractivity contribution in [2.24, 2.45) is 0 Å².